The average molecular weight is 512 g/mol. The summed E-state index contributed by atoms with van der Waals surface area (Å²) in [6, 6.07) is 17.7. The molecule has 33 heavy (non-hydrogen) atoms. The predicted molar refractivity (Wildman–Crippen MR) is 126 cm³/mol. The van der Waals surface area contributed by atoms with Crippen molar-refractivity contribution in [3.05, 3.63) is 81.8 Å². The Hall–Kier alpha value is -3.52. The third kappa shape index (κ3) is 4.39. The van der Waals surface area contributed by atoms with Crippen LogP contribution in [-0.4, -0.2) is 38.0 Å². The van der Waals surface area contributed by atoms with Crippen molar-refractivity contribution >= 4 is 28.0 Å². The van der Waals surface area contributed by atoms with Crippen LogP contribution in [0.5, 0.6) is 11.5 Å². The second-order valence-electron chi connectivity index (χ2n) is 7.47. The molecule has 1 atom stereocenters. The summed E-state index contributed by atoms with van der Waals surface area (Å²) in [4.78, 5) is 24.6. The summed E-state index contributed by atoms with van der Waals surface area (Å²) in [5.41, 5.74) is 4.67. The third-order valence-electron chi connectivity index (χ3n) is 5.67. The van der Waals surface area contributed by atoms with E-state index in [4.69, 9.17) is 14.2 Å². The number of halogens is 1. The first-order valence-corrected chi connectivity index (χ1v) is 11.0. The highest BCUT2D eigenvalue weighted by molar-refractivity contribution is 9.10. The van der Waals surface area contributed by atoms with Gasteiger partial charge in [-0.15, -0.1) is 0 Å². The molecule has 1 unspecified atom stereocenters. The van der Waals surface area contributed by atoms with Crippen molar-refractivity contribution in [1.29, 1.82) is 0 Å². The topological polar surface area (TPSA) is 94.1 Å². The number of aliphatic carboxylic acids is 1. The van der Waals surface area contributed by atoms with Gasteiger partial charge in [-0.05, 0) is 34.4 Å². The molecule has 0 aromatic heterocycles. The molecule has 1 amide bonds. The molecular weight excluding hydrogens is 490 g/mol. The molecule has 1 aliphatic carbocycles. The molecule has 2 N–H and O–H groups in total. The van der Waals surface area contributed by atoms with E-state index in [9.17, 15) is 14.7 Å². The van der Waals surface area contributed by atoms with E-state index in [1.165, 1.54) is 20.3 Å². The van der Waals surface area contributed by atoms with Crippen molar-refractivity contribution < 1.29 is 28.9 Å². The number of carboxylic acid groups (broad SMARTS) is 1. The average Bonchev–Trinajstić information content (AvgIpc) is 3.14. The number of rotatable bonds is 7. The summed E-state index contributed by atoms with van der Waals surface area (Å²) in [5.74, 6) is -0.592. The molecule has 4 rings (SSSR count). The molecule has 0 bridgehead atoms. The Morgan fingerprint density at radius 2 is 1.52 bits per heavy atom. The highest BCUT2D eigenvalue weighted by atomic mass is 79.9. The quantitative estimate of drug-likeness (QED) is 0.456. The van der Waals surface area contributed by atoms with Gasteiger partial charge >= 0.3 is 12.1 Å². The summed E-state index contributed by atoms with van der Waals surface area (Å²) in [5, 5.41) is 12.2. The molecular formula is C25H22BrNO6. The van der Waals surface area contributed by atoms with Crippen LogP contribution >= 0.6 is 15.9 Å². The number of carbonyl (C=O) groups excluding carboxylic acids is 1. The number of hydrogen-bond donors (Lipinski definition) is 2. The number of fused-ring (bicyclic) bond motifs is 3. The standard InChI is InChI=1S/C25H22BrNO6/c1-31-21-11-18(20(26)12-22(21)32-2)23(24(28)29)27-25(30)33-13-19-16-9-5-3-7-14(16)15-8-4-6-10-17(15)19/h3-12,19,23H,13H2,1-2H3,(H,27,30)(H,28,29). The Kier molecular flexibility index (Phi) is 6.55. The van der Waals surface area contributed by atoms with Crippen LogP contribution in [-0.2, 0) is 9.53 Å². The number of benzene rings is 3. The van der Waals surface area contributed by atoms with Crippen LogP contribution in [0.25, 0.3) is 11.1 Å². The van der Waals surface area contributed by atoms with Crippen molar-refractivity contribution in [2.24, 2.45) is 0 Å². The van der Waals surface area contributed by atoms with Crippen molar-refractivity contribution in [2.75, 3.05) is 20.8 Å². The lowest BCUT2D eigenvalue weighted by atomic mass is 9.98. The minimum atomic E-state index is -1.35. The molecule has 0 aliphatic heterocycles. The van der Waals surface area contributed by atoms with E-state index < -0.39 is 18.1 Å². The van der Waals surface area contributed by atoms with Gasteiger partial charge in [-0.3, -0.25) is 0 Å². The predicted octanol–water partition coefficient (Wildman–Crippen LogP) is 5.13. The van der Waals surface area contributed by atoms with Gasteiger partial charge in [0.05, 0.1) is 14.2 Å². The molecule has 0 fully saturated rings. The van der Waals surface area contributed by atoms with E-state index >= 15 is 0 Å². The van der Waals surface area contributed by atoms with Crippen molar-refractivity contribution in [2.45, 2.75) is 12.0 Å². The van der Waals surface area contributed by atoms with Crippen LogP contribution < -0.4 is 14.8 Å². The van der Waals surface area contributed by atoms with Crippen LogP contribution in [0.4, 0.5) is 4.79 Å². The molecule has 170 valence electrons. The first-order valence-electron chi connectivity index (χ1n) is 10.2. The minimum Gasteiger partial charge on any atom is -0.493 e. The molecule has 0 saturated carbocycles. The van der Waals surface area contributed by atoms with Crippen molar-refractivity contribution in [3.63, 3.8) is 0 Å². The van der Waals surface area contributed by atoms with Crippen LogP contribution in [0.3, 0.4) is 0 Å². The Balaban J connectivity index is 1.52. The van der Waals surface area contributed by atoms with E-state index in [1.807, 2.05) is 48.5 Å². The van der Waals surface area contributed by atoms with Crippen LogP contribution in [0.15, 0.2) is 65.1 Å². The zero-order chi connectivity index (χ0) is 23.5. The first-order chi connectivity index (χ1) is 15.9. The summed E-state index contributed by atoms with van der Waals surface area (Å²) in [6.45, 7) is 0.0826. The number of alkyl carbamates (subject to hydrolysis) is 1. The third-order valence-corrected chi connectivity index (χ3v) is 6.35. The number of ether oxygens (including phenoxy) is 3. The molecule has 7 nitrogen and oxygen atoms in total. The van der Waals surface area contributed by atoms with Crippen LogP contribution in [0.1, 0.15) is 28.7 Å². The van der Waals surface area contributed by atoms with E-state index in [2.05, 4.69) is 21.2 Å². The van der Waals surface area contributed by atoms with Gasteiger partial charge in [0.15, 0.2) is 17.5 Å². The minimum absolute atomic E-state index is 0.0826. The van der Waals surface area contributed by atoms with E-state index in [1.54, 1.807) is 6.07 Å². The van der Waals surface area contributed by atoms with E-state index in [0.717, 1.165) is 22.3 Å². The highest BCUT2D eigenvalue weighted by Gasteiger charge is 2.31. The van der Waals surface area contributed by atoms with Crippen LogP contribution in [0.2, 0.25) is 0 Å². The first kappa shape index (κ1) is 22.7. The zero-order valence-corrected chi connectivity index (χ0v) is 19.6. The lowest BCUT2D eigenvalue weighted by Gasteiger charge is -2.19. The Bertz CT molecular complexity index is 1170. The molecule has 0 saturated heterocycles. The molecule has 8 heteroatoms. The SMILES string of the molecule is COc1cc(Br)c(C(NC(=O)OCC2c3ccccc3-c3ccccc32)C(=O)O)cc1OC. The summed E-state index contributed by atoms with van der Waals surface area (Å²) >= 11 is 3.35. The lowest BCUT2D eigenvalue weighted by Crippen LogP contribution is -2.35. The lowest BCUT2D eigenvalue weighted by molar-refractivity contribution is -0.139. The maximum Gasteiger partial charge on any atom is 0.408 e. The number of nitrogens with one attached hydrogen (secondary N) is 1. The normalized spacial score (nSPS) is 12.9. The Labute approximate surface area is 199 Å². The molecule has 1 aliphatic rings. The largest absolute Gasteiger partial charge is 0.493 e. The number of carboxylic acids is 1. The van der Waals surface area contributed by atoms with Gasteiger partial charge in [-0.1, -0.05) is 64.5 Å². The monoisotopic (exact) mass is 511 g/mol. The Morgan fingerprint density at radius 3 is 2.06 bits per heavy atom. The summed E-state index contributed by atoms with van der Waals surface area (Å²) in [6.07, 6.45) is -0.828. The fourth-order valence-corrected chi connectivity index (χ4v) is 4.67. The van der Waals surface area contributed by atoms with Gasteiger partial charge in [0.2, 0.25) is 0 Å². The zero-order valence-electron chi connectivity index (χ0n) is 18.0. The second-order valence-corrected chi connectivity index (χ2v) is 8.32. The van der Waals surface area contributed by atoms with Gasteiger partial charge in [0, 0.05) is 16.0 Å². The van der Waals surface area contributed by atoms with Crippen molar-refractivity contribution in [1.82, 2.24) is 5.32 Å². The number of carbonyl (C=O) groups is 2. The number of hydrogen-bond acceptors (Lipinski definition) is 5. The fraction of sp³-hybridized carbons (Fsp3) is 0.200. The van der Waals surface area contributed by atoms with Gasteiger partial charge in [0.1, 0.15) is 6.61 Å². The maximum atomic E-state index is 12.6. The molecule has 0 heterocycles. The highest BCUT2D eigenvalue weighted by Crippen LogP contribution is 2.44. The second kappa shape index (κ2) is 9.54. The van der Waals surface area contributed by atoms with Gasteiger partial charge in [-0.2, -0.15) is 0 Å². The summed E-state index contributed by atoms with van der Waals surface area (Å²) in [7, 11) is 2.93. The molecule has 0 spiro atoms. The molecule has 3 aromatic rings. The van der Waals surface area contributed by atoms with Crippen LogP contribution in [0, 0.1) is 0 Å². The number of methoxy groups -OCH3 is 2. The molecule has 0 radical (unpaired) electrons. The van der Waals surface area contributed by atoms with E-state index in [-0.39, 0.29) is 12.5 Å². The molecule has 3 aromatic carbocycles. The Morgan fingerprint density at radius 1 is 0.970 bits per heavy atom. The van der Waals surface area contributed by atoms with Gasteiger partial charge < -0.3 is 24.6 Å². The fourth-order valence-electron chi connectivity index (χ4n) is 4.12. The smallest absolute Gasteiger partial charge is 0.408 e. The van der Waals surface area contributed by atoms with Crippen molar-refractivity contribution in [3.8, 4) is 22.6 Å². The van der Waals surface area contributed by atoms with E-state index in [0.29, 0.717) is 21.5 Å². The van der Waals surface area contributed by atoms with Gasteiger partial charge in [-0.25, -0.2) is 9.59 Å². The summed E-state index contributed by atoms with van der Waals surface area (Å²) < 4.78 is 16.4. The number of amides is 1. The maximum absolute atomic E-state index is 12.6. The van der Waals surface area contributed by atoms with Gasteiger partial charge in [0.25, 0.3) is 0 Å².